The van der Waals surface area contributed by atoms with E-state index in [1.807, 2.05) is 0 Å². The molecule has 0 fully saturated rings. The molecular formula is C12H11NO4. The van der Waals surface area contributed by atoms with Crippen LogP contribution in [0.25, 0.3) is 0 Å². The van der Waals surface area contributed by atoms with E-state index in [0.717, 1.165) is 0 Å². The van der Waals surface area contributed by atoms with Crippen molar-refractivity contribution in [3.8, 4) is 0 Å². The Morgan fingerprint density at radius 3 is 2.71 bits per heavy atom. The molecule has 1 heterocycles. The fourth-order valence-corrected chi connectivity index (χ4v) is 1.91. The zero-order chi connectivity index (χ0) is 12.6. The molecule has 1 aromatic rings. The van der Waals surface area contributed by atoms with E-state index >= 15 is 0 Å². The van der Waals surface area contributed by atoms with E-state index in [9.17, 15) is 14.4 Å². The molecule has 0 atom stereocenters. The summed E-state index contributed by atoms with van der Waals surface area (Å²) in [6.45, 7) is 1.11. The minimum atomic E-state index is -1.05. The lowest BCUT2D eigenvalue weighted by atomic mass is 10.1. The number of carbonyl (C=O) groups is 3. The van der Waals surface area contributed by atoms with Gasteiger partial charge in [0.1, 0.15) is 6.54 Å². The van der Waals surface area contributed by atoms with E-state index in [1.54, 1.807) is 18.2 Å². The molecule has 0 saturated carbocycles. The summed E-state index contributed by atoms with van der Waals surface area (Å²) in [4.78, 5) is 34.7. The van der Waals surface area contributed by atoms with Gasteiger partial charge in [-0.2, -0.15) is 0 Å². The molecule has 1 aliphatic rings. The minimum Gasteiger partial charge on any atom is -0.480 e. The number of aliphatic carboxylic acids is 1. The van der Waals surface area contributed by atoms with Crippen molar-refractivity contribution in [3.05, 3.63) is 29.3 Å². The lowest BCUT2D eigenvalue weighted by Crippen LogP contribution is -2.32. The van der Waals surface area contributed by atoms with Crippen LogP contribution in [0.1, 0.15) is 22.8 Å². The molecule has 1 amide bonds. The fourth-order valence-electron chi connectivity index (χ4n) is 1.91. The lowest BCUT2D eigenvalue weighted by molar-refractivity contribution is -0.136. The monoisotopic (exact) mass is 233 g/mol. The van der Waals surface area contributed by atoms with E-state index in [1.165, 1.54) is 11.8 Å². The van der Waals surface area contributed by atoms with Crippen molar-refractivity contribution in [2.45, 2.75) is 13.3 Å². The Morgan fingerprint density at radius 2 is 2.12 bits per heavy atom. The lowest BCUT2D eigenvalue weighted by Gasteiger charge is -2.14. The average molecular weight is 233 g/mol. The van der Waals surface area contributed by atoms with E-state index in [-0.39, 0.29) is 24.7 Å². The maximum Gasteiger partial charge on any atom is 0.323 e. The molecule has 2 rings (SSSR count). The quantitative estimate of drug-likeness (QED) is 0.786. The second-order valence-corrected chi connectivity index (χ2v) is 3.95. The second-order valence-electron chi connectivity index (χ2n) is 3.95. The number of carbonyl (C=O) groups excluding carboxylic acids is 2. The number of carboxylic acids is 1. The summed E-state index contributed by atoms with van der Waals surface area (Å²) in [6, 6.07) is 4.88. The van der Waals surface area contributed by atoms with Crippen LogP contribution in [0.2, 0.25) is 0 Å². The van der Waals surface area contributed by atoms with Crippen LogP contribution in [0.3, 0.4) is 0 Å². The molecule has 1 aliphatic heterocycles. The van der Waals surface area contributed by atoms with E-state index in [2.05, 4.69) is 0 Å². The van der Waals surface area contributed by atoms with Gasteiger partial charge < -0.3 is 10.0 Å². The Kier molecular flexibility index (Phi) is 2.67. The van der Waals surface area contributed by atoms with Crippen molar-refractivity contribution in [1.82, 2.24) is 0 Å². The summed E-state index contributed by atoms with van der Waals surface area (Å²) in [5.74, 6) is -1.37. The topological polar surface area (TPSA) is 74.7 Å². The van der Waals surface area contributed by atoms with Crippen molar-refractivity contribution < 1.29 is 19.5 Å². The molecular weight excluding hydrogens is 222 g/mol. The molecule has 5 heteroatoms. The Morgan fingerprint density at radius 1 is 1.41 bits per heavy atom. The normalized spacial score (nSPS) is 13.7. The minimum absolute atomic E-state index is 0.0723. The van der Waals surface area contributed by atoms with Crippen LogP contribution in [0.4, 0.5) is 5.69 Å². The predicted molar refractivity (Wildman–Crippen MR) is 60.1 cm³/mol. The number of amides is 1. The summed E-state index contributed by atoms with van der Waals surface area (Å²) in [7, 11) is 0. The number of anilines is 1. The molecule has 1 N–H and O–H groups in total. The third-order valence-electron chi connectivity index (χ3n) is 2.71. The average Bonchev–Trinajstić information content (AvgIpc) is 2.54. The Balaban J connectivity index is 2.38. The second kappa shape index (κ2) is 4.01. The Labute approximate surface area is 97.7 Å². The first-order valence-corrected chi connectivity index (χ1v) is 5.15. The summed E-state index contributed by atoms with van der Waals surface area (Å²) in [6.07, 6.45) is 0.156. The number of benzene rings is 1. The van der Waals surface area contributed by atoms with E-state index < -0.39 is 5.97 Å². The smallest absolute Gasteiger partial charge is 0.323 e. The largest absolute Gasteiger partial charge is 0.480 e. The molecule has 5 nitrogen and oxygen atoms in total. The standard InChI is InChI=1S/C12H11NO4/c1-7(14)8-2-3-10-9(4-8)5-11(15)13(10)6-12(16)17/h2-4H,5-6H2,1H3,(H,16,17). The highest BCUT2D eigenvalue weighted by atomic mass is 16.4. The van der Waals surface area contributed by atoms with Crippen LogP contribution in [0.5, 0.6) is 0 Å². The fraction of sp³-hybridized carbons (Fsp3) is 0.250. The molecule has 0 radical (unpaired) electrons. The molecule has 0 unspecified atom stereocenters. The zero-order valence-corrected chi connectivity index (χ0v) is 9.27. The van der Waals surface area contributed by atoms with Crippen molar-refractivity contribution in [2.75, 3.05) is 11.4 Å². The molecule has 0 aromatic heterocycles. The SMILES string of the molecule is CC(=O)c1ccc2c(c1)CC(=O)N2CC(=O)O. The summed E-state index contributed by atoms with van der Waals surface area (Å²) in [5.41, 5.74) is 1.83. The van der Waals surface area contributed by atoms with Crippen molar-refractivity contribution in [3.63, 3.8) is 0 Å². The first-order chi connectivity index (χ1) is 7.99. The van der Waals surface area contributed by atoms with Gasteiger partial charge in [-0.15, -0.1) is 0 Å². The van der Waals surface area contributed by atoms with Gasteiger partial charge in [0.25, 0.3) is 0 Å². The van der Waals surface area contributed by atoms with Crippen LogP contribution in [0, 0.1) is 0 Å². The first-order valence-electron chi connectivity index (χ1n) is 5.15. The number of rotatable bonds is 3. The van der Waals surface area contributed by atoms with Crippen LogP contribution in [-0.2, 0) is 16.0 Å². The van der Waals surface area contributed by atoms with Crippen LogP contribution < -0.4 is 4.90 Å². The van der Waals surface area contributed by atoms with Crippen LogP contribution in [0.15, 0.2) is 18.2 Å². The van der Waals surface area contributed by atoms with Gasteiger partial charge in [-0.25, -0.2) is 0 Å². The highest BCUT2D eigenvalue weighted by Crippen LogP contribution is 2.29. The number of nitrogens with zero attached hydrogens (tertiary/aromatic N) is 1. The van der Waals surface area contributed by atoms with Gasteiger partial charge in [0, 0.05) is 11.3 Å². The molecule has 1 aromatic carbocycles. The number of fused-ring (bicyclic) bond motifs is 1. The first kappa shape index (κ1) is 11.3. The van der Waals surface area contributed by atoms with Gasteiger partial charge in [0.15, 0.2) is 5.78 Å². The Bertz CT molecular complexity index is 521. The van der Waals surface area contributed by atoms with E-state index in [4.69, 9.17) is 5.11 Å². The number of ketones is 1. The third kappa shape index (κ3) is 2.04. The zero-order valence-electron chi connectivity index (χ0n) is 9.27. The molecule has 0 bridgehead atoms. The molecule has 88 valence electrons. The summed E-state index contributed by atoms with van der Waals surface area (Å²) < 4.78 is 0. The molecule has 0 saturated heterocycles. The number of hydrogen-bond donors (Lipinski definition) is 1. The highest BCUT2D eigenvalue weighted by molar-refractivity contribution is 6.05. The van der Waals surface area contributed by atoms with Crippen molar-refractivity contribution in [2.24, 2.45) is 0 Å². The number of carboxylic acid groups (broad SMARTS) is 1. The van der Waals surface area contributed by atoms with Gasteiger partial charge in [-0.05, 0) is 30.7 Å². The van der Waals surface area contributed by atoms with Gasteiger partial charge in [-0.1, -0.05) is 0 Å². The summed E-state index contributed by atoms with van der Waals surface area (Å²) in [5, 5.41) is 8.71. The maximum atomic E-state index is 11.6. The maximum absolute atomic E-state index is 11.6. The van der Waals surface area contributed by atoms with Crippen molar-refractivity contribution in [1.29, 1.82) is 0 Å². The van der Waals surface area contributed by atoms with Gasteiger partial charge in [-0.3, -0.25) is 14.4 Å². The van der Waals surface area contributed by atoms with E-state index in [0.29, 0.717) is 16.8 Å². The van der Waals surface area contributed by atoms with Crippen LogP contribution in [-0.4, -0.2) is 29.3 Å². The molecule has 17 heavy (non-hydrogen) atoms. The number of Topliss-reactive ketones (excluding diaryl/α,β-unsaturated/α-hetero) is 1. The predicted octanol–water partition coefficient (Wildman–Crippen LogP) is 0.863. The summed E-state index contributed by atoms with van der Waals surface area (Å²) >= 11 is 0. The Hall–Kier alpha value is -2.17. The molecule has 0 spiro atoms. The van der Waals surface area contributed by atoms with Crippen molar-refractivity contribution >= 4 is 23.3 Å². The number of hydrogen-bond acceptors (Lipinski definition) is 3. The third-order valence-corrected chi connectivity index (χ3v) is 2.71. The van der Waals surface area contributed by atoms with Crippen LogP contribution >= 0.6 is 0 Å². The molecule has 0 aliphatic carbocycles. The van der Waals surface area contributed by atoms with Gasteiger partial charge >= 0.3 is 5.97 Å². The van der Waals surface area contributed by atoms with Gasteiger partial charge in [0.05, 0.1) is 6.42 Å². The highest BCUT2D eigenvalue weighted by Gasteiger charge is 2.29. The van der Waals surface area contributed by atoms with Gasteiger partial charge in [0.2, 0.25) is 5.91 Å².